The summed E-state index contributed by atoms with van der Waals surface area (Å²) < 4.78 is 2.72. The van der Waals surface area contributed by atoms with Crippen LogP contribution in [0.4, 0.5) is 0 Å². The molecule has 1 fully saturated rings. The van der Waals surface area contributed by atoms with Gasteiger partial charge in [-0.15, -0.1) is 0 Å². The van der Waals surface area contributed by atoms with Crippen LogP contribution < -0.4 is 5.56 Å². The molecule has 0 unspecified atom stereocenters. The second kappa shape index (κ2) is 6.65. The number of hydrogen-bond acceptors (Lipinski definition) is 3. The fraction of sp³-hybridized carbons (Fsp3) is 0.412. The number of rotatable bonds is 3. The molecule has 0 saturated heterocycles. The molecule has 0 bridgehead atoms. The predicted octanol–water partition coefficient (Wildman–Crippen LogP) is 3.81. The van der Waals surface area contributed by atoms with Crippen molar-refractivity contribution in [3.05, 3.63) is 56.5 Å². The molecule has 0 atom stereocenters. The molecule has 1 N–H and O–H groups in total. The molecule has 5 heteroatoms. The maximum Gasteiger partial charge on any atom is 0.257 e. The summed E-state index contributed by atoms with van der Waals surface area (Å²) in [6, 6.07) is 9.12. The third kappa shape index (κ3) is 3.40. The van der Waals surface area contributed by atoms with Crippen LogP contribution in [0.3, 0.4) is 0 Å². The Morgan fingerprint density at radius 2 is 1.86 bits per heavy atom. The minimum absolute atomic E-state index is 0.169. The maximum atomic E-state index is 12.3. The van der Waals surface area contributed by atoms with Crippen molar-refractivity contribution < 1.29 is 5.11 Å². The summed E-state index contributed by atoms with van der Waals surface area (Å²) >= 11 is 3.42. The molecule has 1 aromatic heterocycles. The SMILES string of the molecule is O=c1cc(O)nc(C2CCCCC2)n1Cc1ccc(Br)cc1. The van der Waals surface area contributed by atoms with Crippen LogP contribution in [0.2, 0.25) is 0 Å². The first-order chi connectivity index (χ1) is 10.6. The van der Waals surface area contributed by atoms with Gasteiger partial charge in [0, 0.05) is 10.4 Å². The van der Waals surface area contributed by atoms with Crippen LogP contribution in [0.1, 0.15) is 49.4 Å². The maximum absolute atomic E-state index is 12.3. The minimum Gasteiger partial charge on any atom is -0.493 e. The Morgan fingerprint density at radius 1 is 1.18 bits per heavy atom. The van der Waals surface area contributed by atoms with Gasteiger partial charge in [-0.2, -0.15) is 4.98 Å². The Bertz CT molecular complexity index is 704. The van der Waals surface area contributed by atoms with Crippen LogP contribution in [-0.4, -0.2) is 14.7 Å². The molecule has 116 valence electrons. The van der Waals surface area contributed by atoms with E-state index in [0.29, 0.717) is 6.54 Å². The highest BCUT2D eigenvalue weighted by molar-refractivity contribution is 9.10. The molecule has 2 aromatic rings. The fourth-order valence-electron chi connectivity index (χ4n) is 3.12. The van der Waals surface area contributed by atoms with Gasteiger partial charge in [0.05, 0.1) is 12.6 Å². The van der Waals surface area contributed by atoms with Gasteiger partial charge in [-0.25, -0.2) is 0 Å². The van der Waals surface area contributed by atoms with E-state index in [0.717, 1.165) is 41.5 Å². The van der Waals surface area contributed by atoms with Crippen molar-refractivity contribution >= 4 is 15.9 Å². The molecule has 1 aliphatic rings. The Hall–Kier alpha value is -1.62. The molecule has 0 spiro atoms. The predicted molar refractivity (Wildman–Crippen MR) is 89.2 cm³/mol. The summed E-state index contributed by atoms with van der Waals surface area (Å²) in [6.45, 7) is 0.491. The smallest absolute Gasteiger partial charge is 0.257 e. The van der Waals surface area contributed by atoms with E-state index in [2.05, 4.69) is 20.9 Å². The van der Waals surface area contributed by atoms with Crippen molar-refractivity contribution in [2.45, 2.75) is 44.6 Å². The summed E-state index contributed by atoms with van der Waals surface area (Å²) in [6.07, 6.45) is 5.64. The van der Waals surface area contributed by atoms with Gasteiger partial charge in [0.2, 0.25) is 5.88 Å². The van der Waals surface area contributed by atoms with E-state index in [9.17, 15) is 9.90 Å². The lowest BCUT2D eigenvalue weighted by Gasteiger charge is -2.24. The van der Waals surface area contributed by atoms with Crippen LogP contribution in [0.15, 0.2) is 39.6 Å². The number of benzene rings is 1. The van der Waals surface area contributed by atoms with E-state index in [-0.39, 0.29) is 17.4 Å². The molecule has 22 heavy (non-hydrogen) atoms. The van der Waals surface area contributed by atoms with Gasteiger partial charge in [-0.1, -0.05) is 47.3 Å². The van der Waals surface area contributed by atoms with Gasteiger partial charge < -0.3 is 5.11 Å². The lowest BCUT2D eigenvalue weighted by Crippen LogP contribution is -2.27. The summed E-state index contributed by atoms with van der Waals surface area (Å²) in [7, 11) is 0. The molecule has 0 amide bonds. The average Bonchev–Trinajstić information content (AvgIpc) is 2.52. The highest BCUT2D eigenvalue weighted by Gasteiger charge is 2.21. The molecule has 0 aliphatic heterocycles. The van der Waals surface area contributed by atoms with Crippen molar-refractivity contribution in [2.75, 3.05) is 0 Å². The highest BCUT2D eigenvalue weighted by Crippen LogP contribution is 2.31. The third-order valence-corrected chi connectivity index (χ3v) is 4.78. The van der Waals surface area contributed by atoms with Gasteiger partial charge in [-0.05, 0) is 30.5 Å². The first-order valence-electron chi connectivity index (χ1n) is 7.68. The summed E-state index contributed by atoms with van der Waals surface area (Å²) in [5.41, 5.74) is 0.867. The second-order valence-electron chi connectivity index (χ2n) is 5.86. The molecule has 1 aliphatic carbocycles. The van der Waals surface area contributed by atoms with Crippen LogP contribution in [0.25, 0.3) is 0 Å². The van der Waals surface area contributed by atoms with Gasteiger partial charge in [0.15, 0.2) is 0 Å². The number of aromatic hydroxyl groups is 1. The second-order valence-corrected chi connectivity index (χ2v) is 6.77. The van der Waals surface area contributed by atoms with Crippen molar-refractivity contribution in [1.29, 1.82) is 0 Å². The summed E-state index contributed by atoms with van der Waals surface area (Å²) in [5, 5.41) is 9.72. The van der Waals surface area contributed by atoms with E-state index < -0.39 is 0 Å². The van der Waals surface area contributed by atoms with E-state index >= 15 is 0 Å². The van der Waals surface area contributed by atoms with Gasteiger partial charge >= 0.3 is 0 Å². The first-order valence-corrected chi connectivity index (χ1v) is 8.48. The number of nitrogens with zero attached hydrogens (tertiary/aromatic N) is 2. The average molecular weight is 363 g/mol. The van der Waals surface area contributed by atoms with Gasteiger partial charge in [-0.3, -0.25) is 9.36 Å². The van der Waals surface area contributed by atoms with Crippen molar-refractivity contribution in [3.63, 3.8) is 0 Å². The van der Waals surface area contributed by atoms with Crippen LogP contribution >= 0.6 is 15.9 Å². The number of hydrogen-bond donors (Lipinski definition) is 1. The van der Waals surface area contributed by atoms with Crippen LogP contribution in [0, 0.1) is 0 Å². The quantitative estimate of drug-likeness (QED) is 0.902. The van der Waals surface area contributed by atoms with E-state index in [1.807, 2.05) is 24.3 Å². The van der Waals surface area contributed by atoms with Crippen molar-refractivity contribution in [1.82, 2.24) is 9.55 Å². The van der Waals surface area contributed by atoms with E-state index in [1.54, 1.807) is 4.57 Å². The molecular formula is C17H19BrN2O2. The Balaban J connectivity index is 1.97. The van der Waals surface area contributed by atoms with Gasteiger partial charge in [0.25, 0.3) is 5.56 Å². The van der Waals surface area contributed by atoms with E-state index in [1.165, 1.54) is 12.5 Å². The normalized spacial score (nSPS) is 15.9. The number of aromatic nitrogens is 2. The zero-order valence-electron chi connectivity index (χ0n) is 12.3. The molecular weight excluding hydrogens is 344 g/mol. The zero-order valence-corrected chi connectivity index (χ0v) is 13.9. The third-order valence-electron chi connectivity index (χ3n) is 4.25. The first kappa shape index (κ1) is 15.3. The van der Waals surface area contributed by atoms with E-state index in [4.69, 9.17) is 0 Å². The summed E-state index contributed by atoms with van der Waals surface area (Å²) in [4.78, 5) is 16.6. The molecule has 1 aromatic carbocycles. The van der Waals surface area contributed by atoms with Crippen LogP contribution in [-0.2, 0) is 6.54 Å². The lowest BCUT2D eigenvalue weighted by molar-refractivity contribution is 0.392. The number of halogens is 1. The molecule has 0 radical (unpaired) electrons. The van der Waals surface area contributed by atoms with Crippen molar-refractivity contribution in [2.24, 2.45) is 0 Å². The lowest BCUT2D eigenvalue weighted by atomic mass is 9.88. The topological polar surface area (TPSA) is 55.1 Å². The summed E-state index contributed by atoms with van der Waals surface area (Å²) in [5.74, 6) is 0.828. The van der Waals surface area contributed by atoms with Crippen molar-refractivity contribution in [3.8, 4) is 5.88 Å². The highest BCUT2D eigenvalue weighted by atomic mass is 79.9. The Kier molecular flexibility index (Phi) is 4.62. The largest absolute Gasteiger partial charge is 0.493 e. The molecule has 3 rings (SSSR count). The Labute approximate surface area is 138 Å². The monoisotopic (exact) mass is 362 g/mol. The van der Waals surface area contributed by atoms with Crippen LogP contribution in [0.5, 0.6) is 5.88 Å². The van der Waals surface area contributed by atoms with Gasteiger partial charge in [0.1, 0.15) is 5.82 Å². The molecule has 1 heterocycles. The fourth-order valence-corrected chi connectivity index (χ4v) is 3.38. The standard InChI is InChI=1S/C17H19BrN2O2/c18-14-8-6-12(7-9-14)11-20-16(22)10-15(21)19-17(20)13-4-2-1-3-5-13/h6-10,13,21H,1-5,11H2. The Morgan fingerprint density at radius 3 is 2.55 bits per heavy atom. The molecule has 1 saturated carbocycles. The molecule has 4 nitrogen and oxygen atoms in total. The zero-order chi connectivity index (χ0) is 15.5. The minimum atomic E-state index is -0.184.